The Morgan fingerprint density at radius 2 is 1.50 bits per heavy atom. The Labute approximate surface area is 32.5 Å². The topological polar surface area (TPSA) is 35.0 Å². The second-order valence-corrected chi connectivity index (χ2v) is 2.19. The second-order valence-electron chi connectivity index (χ2n) is 0.530. The van der Waals surface area contributed by atoms with E-state index >= 15 is 0 Å². The normalized spacial score (nSPS) is 20.0. The molecule has 3 N–H and O–H groups in total. The Bertz CT molecular complexity index is 10.8. The van der Waals surface area contributed by atoms with Crippen molar-refractivity contribution in [2.45, 2.75) is 10.6 Å². The van der Waals surface area contributed by atoms with Crippen molar-refractivity contribution >= 4 is 0 Å². The van der Waals surface area contributed by atoms with E-state index in [1.54, 1.807) is 0 Å². The summed E-state index contributed by atoms with van der Waals surface area (Å²) in [5, 5.41) is 3.00. The fourth-order valence-corrected chi connectivity index (χ4v) is 0. The Kier molecular flexibility index (Phi) is 1.98. The fraction of sp³-hybridized carbons (Fsp3) is 1.00. The fourth-order valence-electron chi connectivity index (χ4n) is 0. The van der Waals surface area contributed by atoms with Gasteiger partial charge >= 0.3 is 25.6 Å². The van der Waals surface area contributed by atoms with Crippen molar-refractivity contribution in [1.29, 1.82) is 0 Å². The Morgan fingerprint density at radius 1 is 1.25 bits per heavy atom. The summed E-state index contributed by atoms with van der Waals surface area (Å²) in [5.41, 5.74) is 0. The van der Waals surface area contributed by atoms with E-state index in [0.717, 1.165) is 0 Å². The summed E-state index contributed by atoms with van der Waals surface area (Å²) in [7, 11) is 0. The molecule has 0 bridgehead atoms. The molecule has 1 nitrogen and oxygen atoms in total. The van der Waals surface area contributed by atoms with E-state index in [1.807, 2.05) is 0 Å². The van der Waals surface area contributed by atoms with Crippen LogP contribution >= 0.6 is 0 Å². The molecule has 0 saturated carbocycles. The first-order valence-corrected chi connectivity index (χ1v) is 2.56. The van der Waals surface area contributed by atoms with Gasteiger partial charge in [0.05, 0.1) is 0 Å². The summed E-state index contributed by atoms with van der Waals surface area (Å²) in [6.07, 6.45) is 0. The van der Waals surface area contributed by atoms with Crippen LogP contribution < -0.4 is 6.15 Å². The van der Waals surface area contributed by atoms with Crippen molar-refractivity contribution in [3.63, 3.8) is 0 Å². The molecule has 4 heavy (non-hydrogen) atoms. The van der Waals surface area contributed by atoms with Crippen LogP contribution in [0.1, 0.15) is 0 Å². The van der Waals surface area contributed by atoms with Crippen LogP contribution in [0.4, 0.5) is 0 Å². The average molecular weight is 101 g/mol. The van der Waals surface area contributed by atoms with E-state index in [2.05, 4.69) is 0 Å². The molecular weight excluding hydrogens is 93.9 g/mol. The molecule has 28 valence electrons. The van der Waals surface area contributed by atoms with Gasteiger partial charge in [-0.05, 0) is 0 Å². The van der Waals surface area contributed by atoms with Crippen molar-refractivity contribution in [2.75, 3.05) is 0 Å². The summed E-state index contributed by atoms with van der Waals surface area (Å²) in [6, 6.07) is 0. The Morgan fingerprint density at radius 3 is 1.50 bits per heavy atom. The third kappa shape index (κ3) is 2.48. The third-order valence-electron chi connectivity index (χ3n) is 0.177. The molecule has 0 aromatic heterocycles. The van der Waals surface area contributed by atoms with E-state index in [-0.39, 0.29) is 6.15 Å². The number of hydrogen-bond acceptors (Lipinski definition) is 1. The summed E-state index contributed by atoms with van der Waals surface area (Å²) in [6.45, 7) is 0. The maximum absolute atomic E-state index is 1.50. The zero-order valence-corrected chi connectivity index (χ0v) is 3.58. The summed E-state index contributed by atoms with van der Waals surface area (Å²) in [4.78, 5) is 0. The zero-order valence-electron chi connectivity index (χ0n) is 2.47. The van der Waals surface area contributed by atoms with Crippen molar-refractivity contribution < 1.29 is 15.0 Å². The molecule has 1 heterocycles. The van der Waals surface area contributed by atoms with Crippen LogP contribution in [0, 0.1) is 0 Å². The third-order valence-corrected chi connectivity index (χ3v) is 0.729. The minimum absolute atomic E-state index is 0. The van der Waals surface area contributed by atoms with Crippen LogP contribution in [0.5, 0.6) is 0 Å². The SMILES string of the molecule is N.[CH2]1[CH2][Fe]1. The molecule has 0 atom stereocenters. The van der Waals surface area contributed by atoms with Gasteiger partial charge in [-0.3, -0.25) is 0 Å². The average Bonchev–Trinajstić information content (AvgIpc) is 1.46. The molecule has 0 amide bonds. The van der Waals surface area contributed by atoms with Crippen LogP contribution in [0.3, 0.4) is 0 Å². The first-order chi connectivity index (χ1) is 1.50. The van der Waals surface area contributed by atoms with E-state index in [4.69, 9.17) is 0 Å². The standard InChI is InChI=1S/C2H4.Fe.H3N/c1-2;;/h1-2H2;;1H3. The zero-order chi connectivity index (χ0) is 2.12. The van der Waals surface area contributed by atoms with Crippen LogP contribution in [0.25, 0.3) is 0 Å². The van der Waals surface area contributed by atoms with E-state index in [1.165, 1.54) is 25.6 Å². The molecule has 0 unspecified atom stereocenters. The first kappa shape index (κ1) is 4.48. The monoisotopic (exact) mass is 101 g/mol. The molecule has 2 heteroatoms. The predicted molar refractivity (Wildman–Crippen MR) is 14.6 cm³/mol. The molecule has 1 aliphatic heterocycles. The molecule has 1 rings (SSSR count). The van der Waals surface area contributed by atoms with Gasteiger partial charge in [-0.1, -0.05) is 0 Å². The quantitative estimate of drug-likeness (QED) is 0.455. The molecular formula is C2H7FeN. The first-order valence-electron chi connectivity index (χ1n) is 1.000. The summed E-state index contributed by atoms with van der Waals surface area (Å²) < 4.78 is 0. The molecule has 1 fully saturated rings. The maximum atomic E-state index is 1.50. The molecule has 1 aliphatic rings. The molecule has 1 saturated heterocycles. The van der Waals surface area contributed by atoms with Gasteiger partial charge in [0.15, 0.2) is 0 Å². The molecule has 0 aromatic carbocycles. The minimum atomic E-state index is 0. The summed E-state index contributed by atoms with van der Waals surface area (Å²) >= 11 is 1.50. The van der Waals surface area contributed by atoms with Gasteiger partial charge in [-0.2, -0.15) is 0 Å². The van der Waals surface area contributed by atoms with Gasteiger partial charge in [-0.15, -0.1) is 0 Å². The van der Waals surface area contributed by atoms with Crippen LogP contribution in [-0.4, -0.2) is 0 Å². The van der Waals surface area contributed by atoms with Crippen LogP contribution in [0.2, 0.25) is 10.6 Å². The van der Waals surface area contributed by atoms with Gasteiger partial charge < -0.3 is 6.15 Å². The molecule has 0 aromatic rings. The van der Waals surface area contributed by atoms with Gasteiger partial charge in [-0.25, -0.2) is 0 Å². The second kappa shape index (κ2) is 1.77. The van der Waals surface area contributed by atoms with Crippen molar-refractivity contribution in [3.05, 3.63) is 0 Å². The van der Waals surface area contributed by atoms with Crippen molar-refractivity contribution in [2.24, 2.45) is 0 Å². The molecule has 0 spiro atoms. The van der Waals surface area contributed by atoms with Crippen molar-refractivity contribution in [1.82, 2.24) is 6.15 Å². The Hall–Kier alpha value is 0.479. The van der Waals surface area contributed by atoms with E-state index in [9.17, 15) is 0 Å². The van der Waals surface area contributed by atoms with E-state index in [0.29, 0.717) is 0 Å². The van der Waals surface area contributed by atoms with Crippen LogP contribution in [0.15, 0.2) is 0 Å². The van der Waals surface area contributed by atoms with Crippen LogP contribution in [-0.2, 0) is 15.0 Å². The number of hydrogen-bond donors (Lipinski definition) is 1. The van der Waals surface area contributed by atoms with Gasteiger partial charge in [0.25, 0.3) is 0 Å². The van der Waals surface area contributed by atoms with Gasteiger partial charge in [0.1, 0.15) is 0 Å². The van der Waals surface area contributed by atoms with Crippen molar-refractivity contribution in [3.8, 4) is 0 Å². The Balaban J connectivity index is 0.0000000900. The van der Waals surface area contributed by atoms with Gasteiger partial charge in [0, 0.05) is 0 Å². The number of rotatable bonds is 0. The van der Waals surface area contributed by atoms with E-state index < -0.39 is 0 Å². The molecule has 0 aliphatic carbocycles. The molecule has 0 radical (unpaired) electrons. The predicted octanol–water partition coefficient (Wildman–Crippen LogP) is 1.08. The summed E-state index contributed by atoms with van der Waals surface area (Å²) in [5.74, 6) is 0. The van der Waals surface area contributed by atoms with Gasteiger partial charge in [0.2, 0.25) is 0 Å².